The molecule has 0 aliphatic carbocycles. The number of ether oxygens (including phenoxy) is 1. The number of hydrogen-bond acceptors (Lipinski definition) is 5. The molecule has 2 rings (SSSR count). The van der Waals surface area contributed by atoms with Gasteiger partial charge >= 0.3 is 12.0 Å². The van der Waals surface area contributed by atoms with Crippen molar-refractivity contribution < 1.29 is 28.7 Å². The van der Waals surface area contributed by atoms with Gasteiger partial charge in [-0.25, -0.2) is 4.79 Å². The third-order valence-electron chi connectivity index (χ3n) is 3.61. The van der Waals surface area contributed by atoms with Crippen molar-refractivity contribution in [1.82, 2.24) is 0 Å². The van der Waals surface area contributed by atoms with Gasteiger partial charge < -0.3 is 14.6 Å². The Kier molecular flexibility index (Phi) is 3.85. The van der Waals surface area contributed by atoms with E-state index in [4.69, 9.17) is 4.74 Å². The lowest BCUT2D eigenvalue weighted by Crippen LogP contribution is -2.66. The van der Waals surface area contributed by atoms with Gasteiger partial charge in [0.1, 0.15) is 12.6 Å². The highest BCUT2D eigenvalue weighted by atomic mass is 16.6. The van der Waals surface area contributed by atoms with E-state index in [1.54, 1.807) is 24.3 Å². The van der Waals surface area contributed by atoms with Crippen LogP contribution in [0.2, 0.25) is 0 Å². The van der Waals surface area contributed by atoms with Gasteiger partial charge in [0.25, 0.3) is 6.09 Å². The van der Waals surface area contributed by atoms with Gasteiger partial charge in [0.2, 0.25) is 0 Å². The number of carboxylic acid groups (broad SMARTS) is 1. The maximum atomic E-state index is 12.1. The smallest absolute Gasteiger partial charge is 0.497 e. The third-order valence-corrected chi connectivity index (χ3v) is 3.61. The summed E-state index contributed by atoms with van der Waals surface area (Å²) in [5, 5.41) is 11.3. The van der Waals surface area contributed by atoms with Gasteiger partial charge in [0, 0.05) is 6.42 Å². The van der Waals surface area contributed by atoms with Gasteiger partial charge in [-0.1, -0.05) is 30.3 Å². The Balaban J connectivity index is 2.17. The molecule has 1 heterocycles. The molecule has 1 aromatic carbocycles. The molecule has 1 aliphatic heterocycles. The summed E-state index contributed by atoms with van der Waals surface area (Å²) < 4.78 is 3.64. The Morgan fingerprint density at radius 3 is 2.50 bits per heavy atom. The first-order chi connectivity index (χ1) is 9.49. The van der Waals surface area contributed by atoms with E-state index < -0.39 is 28.6 Å². The summed E-state index contributed by atoms with van der Waals surface area (Å²) in [7, 11) is 0. The molecule has 1 aromatic rings. The molecule has 0 spiro atoms. The first kappa shape index (κ1) is 14.2. The van der Waals surface area contributed by atoms with E-state index in [1.807, 2.05) is 6.07 Å². The minimum atomic E-state index is -1.72. The minimum absolute atomic E-state index is 0.0373. The predicted molar refractivity (Wildman–Crippen MR) is 66.0 cm³/mol. The van der Waals surface area contributed by atoms with Crippen molar-refractivity contribution in [3.05, 3.63) is 35.9 Å². The van der Waals surface area contributed by atoms with E-state index in [1.165, 1.54) is 6.92 Å². The molecule has 0 radical (unpaired) electrons. The lowest BCUT2D eigenvalue weighted by Gasteiger charge is -2.30. The first-order valence-electron chi connectivity index (χ1n) is 6.34. The topological polar surface area (TPSA) is 83.5 Å². The predicted octanol–water partition coefficient (Wildman–Crippen LogP) is 1.19. The van der Waals surface area contributed by atoms with E-state index in [0.29, 0.717) is 6.42 Å². The zero-order valence-corrected chi connectivity index (χ0v) is 11.1. The molecule has 6 heteroatoms. The standard InChI is InChI=1S/C14H15NO5/c1-10-7-8-12(16)15(10,13(17)18)14(19)20-9-11-5-3-2-4-6-11/h2-6,10H,7-9H2,1H3/t10-,15?/m1/s1. The molecule has 6 nitrogen and oxygen atoms in total. The highest BCUT2D eigenvalue weighted by molar-refractivity contribution is 5.93. The summed E-state index contributed by atoms with van der Waals surface area (Å²) in [6.45, 7) is 1.46. The normalized spacial score (nSPS) is 25.4. The molecular formula is C14H15NO5. The zero-order valence-electron chi connectivity index (χ0n) is 11.1. The number of amides is 3. The van der Waals surface area contributed by atoms with Crippen molar-refractivity contribution >= 4 is 18.1 Å². The summed E-state index contributed by atoms with van der Waals surface area (Å²) in [5.74, 6) is -0.685. The van der Waals surface area contributed by atoms with Crippen LogP contribution in [0.25, 0.3) is 0 Å². The summed E-state index contributed by atoms with van der Waals surface area (Å²) in [6, 6.07) is 8.17. The average molecular weight is 277 g/mol. The molecule has 1 saturated heterocycles. The fraction of sp³-hybridized carbons (Fsp3) is 0.357. The molecule has 2 atom stereocenters. The van der Waals surface area contributed by atoms with Crippen LogP contribution in [0.1, 0.15) is 25.3 Å². The highest BCUT2D eigenvalue weighted by Crippen LogP contribution is 2.29. The van der Waals surface area contributed by atoms with Crippen LogP contribution in [0, 0.1) is 0 Å². The van der Waals surface area contributed by atoms with Gasteiger partial charge in [-0.05, 0) is 12.5 Å². The molecule has 0 saturated carbocycles. The van der Waals surface area contributed by atoms with Crippen LogP contribution < -0.4 is 5.11 Å². The van der Waals surface area contributed by atoms with Crippen molar-refractivity contribution in [2.75, 3.05) is 0 Å². The fourth-order valence-electron chi connectivity index (χ4n) is 2.41. The number of hydrogen-bond donors (Lipinski definition) is 0. The van der Waals surface area contributed by atoms with Crippen LogP contribution in [-0.4, -0.2) is 28.6 Å². The number of benzene rings is 1. The molecule has 0 N–H and O–H groups in total. The number of rotatable bonds is 2. The van der Waals surface area contributed by atoms with Crippen molar-refractivity contribution in [1.29, 1.82) is 0 Å². The monoisotopic (exact) mass is 277 g/mol. The molecule has 0 aromatic heterocycles. The second-order valence-corrected chi connectivity index (χ2v) is 4.81. The van der Waals surface area contributed by atoms with E-state index in [2.05, 4.69) is 0 Å². The quantitative estimate of drug-likeness (QED) is 0.758. The van der Waals surface area contributed by atoms with Crippen molar-refractivity contribution in [2.24, 2.45) is 0 Å². The Morgan fingerprint density at radius 2 is 2.00 bits per heavy atom. The van der Waals surface area contributed by atoms with E-state index >= 15 is 0 Å². The van der Waals surface area contributed by atoms with Crippen molar-refractivity contribution in [2.45, 2.75) is 32.4 Å². The Hall–Kier alpha value is -2.21. The number of imide groups is 3. The van der Waals surface area contributed by atoms with Crippen LogP contribution in [-0.2, 0) is 16.1 Å². The van der Waals surface area contributed by atoms with Gasteiger partial charge in [0.15, 0.2) is 0 Å². The third kappa shape index (κ3) is 2.18. The molecule has 1 unspecified atom stereocenters. The number of carbonyl (C=O) groups excluding carboxylic acids is 3. The number of quaternary nitrogens is 1. The van der Waals surface area contributed by atoms with Crippen LogP contribution in [0.3, 0.4) is 0 Å². The van der Waals surface area contributed by atoms with E-state index in [-0.39, 0.29) is 13.0 Å². The van der Waals surface area contributed by atoms with Gasteiger partial charge in [-0.3, -0.25) is 0 Å². The lowest BCUT2D eigenvalue weighted by molar-refractivity contribution is -0.751. The van der Waals surface area contributed by atoms with Crippen LogP contribution in [0.5, 0.6) is 0 Å². The fourth-order valence-corrected chi connectivity index (χ4v) is 2.41. The Labute approximate surface area is 116 Å². The molecule has 3 amide bonds. The molecule has 106 valence electrons. The molecular weight excluding hydrogens is 262 g/mol. The molecule has 1 aliphatic rings. The number of carbonyl (C=O) groups is 3. The van der Waals surface area contributed by atoms with E-state index in [9.17, 15) is 19.5 Å². The average Bonchev–Trinajstić information content (AvgIpc) is 2.74. The number of likely N-dealkylation sites (tertiary alicyclic amines) is 1. The van der Waals surface area contributed by atoms with Crippen molar-refractivity contribution in [3.8, 4) is 0 Å². The van der Waals surface area contributed by atoms with Crippen molar-refractivity contribution in [3.63, 3.8) is 0 Å². The summed E-state index contributed by atoms with van der Waals surface area (Å²) in [4.78, 5) is 35.3. The summed E-state index contributed by atoms with van der Waals surface area (Å²) in [6.07, 6.45) is -2.44. The van der Waals surface area contributed by atoms with Gasteiger partial charge in [-0.15, -0.1) is 4.48 Å². The molecule has 20 heavy (non-hydrogen) atoms. The van der Waals surface area contributed by atoms with Crippen LogP contribution in [0.15, 0.2) is 30.3 Å². The van der Waals surface area contributed by atoms with Crippen LogP contribution in [0.4, 0.5) is 9.59 Å². The first-order valence-corrected chi connectivity index (χ1v) is 6.34. The van der Waals surface area contributed by atoms with Gasteiger partial charge in [-0.2, -0.15) is 4.79 Å². The molecule has 0 bridgehead atoms. The lowest BCUT2D eigenvalue weighted by atomic mass is 10.2. The SMILES string of the molecule is C[C@@H]1CCC(=O)[N+]1(C(=O)[O-])C(=O)OCc1ccccc1. The maximum Gasteiger partial charge on any atom is 0.530 e. The second-order valence-electron chi connectivity index (χ2n) is 4.81. The summed E-state index contributed by atoms with van der Waals surface area (Å²) >= 11 is 0. The maximum absolute atomic E-state index is 12.1. The number of nitrogens with zero attached hydrogens (tertiary/aromatic N) is 1. The largest absolute Gasteiger partial charge is 0.530 e. The second kappa shape index (κ2) is 5.42. The Morgan fingerprint density at radius 1 is 1.35 bits per heavy atom. The highest BCUT2D eigenvalue weighted by Gasteiger charge is 2.57. The zero-order chi connectivity index (χ0) is 14.8. The minimum Gasteiger partial charge on any atom is -0.497 e. The van der Waals surface area contributed by atoms with Gasteiger partial charge in [0.05, 0.1) is 6.42 Å². The van der Waals surface area contributed by atoms with Crippen LogP contribution >= 0.6 is 0 Å². The van der Waals surface area contributed by atoms with E-state index in [0.717, 1.165) is 5.56 Å². The summed E-state index contributed by atoms with van der Waals surface area (Å²) in [5.41, 5.74) is 0.719. The Bertz CT molecular complexity index is 542. The molecule has 1 fully saturated rings.